The van der Waals surface area contributed by atoms with Crippen molar-refractivity contribution < 1.29 is 13.2 Å². The van der Waals surface area contributed by atoms with Crippen LogP contribution in [0, 0.1) is 12.0 Å². The minimum Gasteiger partial charge on any atom is -0.379 e. The zero-order valence-corrected chi connectivity index (χ0v) is 18.0. The lowest BCUT2D eigenvalue weighted by atomic mass is 10.1. The van der Waals surface area contributed by atoms with Crippen molar-refractivity contribution in [1.29, 1.82) is 0 Å². The average Bonchev–Trinajstić information content (AvgIpc) is 3.12. The van der Waals surface area contributed by atoms with Crippen LogP contribution in [0.4, 0.5) is 11.5 Å². The second-order valence-electron chi connectivity index (χ2n) is 8.13. The van der Waals surface area contributed by atoms with E-state index in [0.717, 1.165) is 25.5 Å². The van der Waals surface area contributed by atoms with E-state index in [-0.39, 0.29) is 10.5 Å². The molecule has 1 radical (unpaired) electrons. The van der Waals surface area contributed by atoms with Crippen LogP contribution in [-0.4, -0.2) is 53.8 Å². The first-order chi connectivity index (χ1) is 14.9. The number of ether oxygens (including phenoxy) is 1. The summed E-state index contributed by atoms with van der Waals surface area (Å²) in [5.41, 5.74) is 1.11. The van der Waals surface area contributed by atoms with Crippen molar-refractivity contribution >= 4 is 32.4 Å². The van der Waals surface area contributed by atoms with Gasteiger partial charge in [-0.25, -0.2) is 8.42 Å². The van der Waals surface area contributed by atoms with Gasteiger partial charge in [0.05, 0.1) is 17.0 Å². The molecule has 10 heteroatoms. The zero-order valence-electron chi connectivity index (χ0n) is 17.2. The van der Waals surface area contributed by atoms with Gasteiger partial charge in [0, 0.05) is 31.6 Å². The molecular formula is C21H24N5O4S. The van der Waals surface area contributed by atoms with Crippen molar-refractivity contribution in [3.05, 3.63) is 52.9 Å². The second-order valence-corrected chi connectivity index (χ2v) is 10.1. The van der Waals surface area contributed by atoms with Gasteiger partial charge in [-0.3, -0.25) is 9.48 Å². The normalized spacial score (nSPS) is 18.9. The molecule has 0 unspecified atom stereocenters. The Kier molecular flexibility index (Phi) is 5.07. The number of hydrogen-bond donors (Lipinski definition) is 2. The zero-order chi connectivity index (χ0) is 21.6. The minimum atomic E-state index is -3.46. The van der Waals surface area contributed by atoms with Crippen molar-refractivity contribution in [2.75, 3.05) is 31.6 Å². The lowest BCUT2D eigenvalue weighted by Crippen LogP contribution is -2.48. The Morgan fingerprint density at radius 3 is 2.65 bits per heavy atom. The van der Waals surface area contributed by atoms with E-state index in [2.05, 4.69) is 15.4 Å². The molecule has 4 heterocycles. The molecule has 2 aromatic heterocycles. The highest BCUT2D eigenvalue weighted by atomic mass is 32.2. The number of aromatic amines is 1. The molecule has 0 atom stereocenters. The van der Waals surface area contributed by atoms with Crippen LogP contribution in [0.5, 0.6) is 0 Å². The maximum Gasteiger partial charge on any atom is 0.261 e. The number of pyridine rings is 1. The number of hydrogen-bond acceptors (Lipinski definition) is 6. The largest absolute Gasteiger partial charge is 0.379 e. The number of rotatable bonds is 5. The number of sulfonamides is 1. The average molecular weight is 443 g/mol. The highest BCUT2D eigenvalue weighted by Gasteiger charge is 2.34. The van der Waals surface area contributed by atoms with Crippen molar-refractivity contribution in [3.8, 4) is 0 Å². The van der Waals surface area contributed by atoms with Gasteiger partial charge in [-0.15, -0.1) is 0 Å². The van der Waals surface area contributed by atoms with Gasteiger partial charge in [-0.05, 0) is 49.1 Å². The van der Waals surface area contributed by atoms with Gasteiger partial charge in [0.2, 0.25) is 10.0 Å². The van der Waals surface area contributed by atoms with E-state index in [9.17, 15) is 13.2 Å². The van der Waals surface area contributed by atoms with Crippen LogP contribution in [0.2, 0.25) is 0 Å². The number of aromatic nitrogens is 3. The Morgan fingerprint density at radius 2 is 1.97 bits per heavy atom. The maximum absolute atomic E-state index is 12.7. The van der Waals surface area contributed by atoms with Gasteiger partial charge in [0.1, 0.15) is 11.4 Å². The molecule has 0 bridgehead atoms. The van der Waals surface area contributed by atoms with Gasteiger partial charge in [-0.2, -0.15) is 9.40 Å². The summed E-state index contributed by atoms with van der Waals surface area (Å²) in [7, 11) is -3.46. The van der Waals surface area contributed by atoms with E-state index in [1.54, 1.807) is 35.1 Å². The van der Waals surface area contributed by atoms with Gasteiger partial charge in [0.15, 0.2) is 5.82 Å². The number of benzene rings is 1. The van der Waals surface area contributed by atoms with Crippen LogP contribution in [0.25, 0.3) is 10.9 Å². The molecular weight excluding hydrogens is 418 g/mol. The summed E-state index contributed by atoms with van der Waals surface area (Å²) in [6.07, 6.45) is 3.37. The smallest absolute Gasteiger partial charge is 0.261 e. The van der Waals surface area contributed by atoms with Crippen LogP contribution >= 0.6 is 0 Å². The number of fused-ring (bicyclic) bond motifs is 1. The summed E-state index contributed by atoms with van der Waals surface area (Å²) in [6.45, 7) is 4.33. The van der Waals surface area contributed by atoms with Crippen LogP contribution in [-0.2, 0) is 14.8 Å². The molecule has 3 aromatic rings. The molecule has 2 saturated heterocycles. The Morgan fingerprint density at radius 1 is 1.19 bits per heavy atom. The molecule has 2 fully saturated rings. The van der Waals surface area contributed by atoms with Gasteiger partial charge in [-0.1, -0.05) is 6.92 Å². The van der Waals surface area contributed by atoms with E-state index in [4.69, 9.17) is 4.74 Å². The molecule has 0 aliphatic carbocycles. The minimum absolute atomic E-state index is 0.241. The standard InChI is InChI=1S/C21H24N5O4S/c1-14-11-25(12-14)31(28,29)17-6-4-15(5-7-17)23-20-19-18(8-9-22-21(19)27)26(24-20)16-3-2-10-30-13-16/h4-9,14H,2-3,10-13H2,1H3,(H,22,27)(H,23,24). The van der Waals surface area contributed by atoms with Crippen molar-refractivity contribution in [2.45, 2.75) is 24.7 Å². The number of anilines is 2. The van der Waals surface area contributed by atoms with E-state index >= 15 is 0 Å². The fourth-order valence-electron chi connectivity index (χ4n) is 4.05. The lowest BCUT2D eigenvalue weighted by Gasteiger charge is -2.35. The second kappa shape index (κ2) is 7.77. The summed E-state index contributed by atoms with van der Waals surface area (Å²) in [4.78, 5) is 15.5. The van der Waals surface area contributed by atoms with Crippen molar-refractivity contribution in [3.63, 3.8) is 0 Å². The molecule has 2 aliphatic rings. The fourth-order valence-corrected chi connectivity index (χ4v) is 5.73. The molecule has 2 N–H and O–H groups in total. The Hall–Kier alpha value is -2.69. The first kappa shape index (κ1) is 20.2. The SMILES string of the molecule is CC1CN(S(=O)(=O)c2ccc(Nc3nn([C]4CCCOC4)c4cc[nH]c(=O)c34)cc2)C1. The van der Waals surface area contributed by atoms with Crippen molar-refractivity contribution in [1.82, 2.24) is 19.1 Å². The van der Waals surface area contributed by atoms with Crippen LogP contribution < -0.4 is 10.9 Å². The Balaban J connectivity index is 1.45. The topological polar surface area (TPSA) is 109 Å². The molecule has 31 heavy (non-hydrogen) atoms. The molecule has 5 rings (SSSR count). The number of nitrogens with one attached hydrogen (secondary N) is 2. The Bertz CT molecular complexity index is 1250. The predicted octanol–water partition coefficient (Wildman–Crippen LogP) is 2.30. The van der Waals surface area contributed by atoms with Gasteiger partial charge in [0.25, 0.3) is 5.56 Å². The molecule has 0 spiro atoms. The van der Waals surface area contributed by atoms with E-state index in [0.29, 0.717) is 48.0 Å². The summed E-state index contributed by atoms with van der Waals surface area (Å²) >= 11 is 0. The highest BCUT2D eigenvalue weighted by Crippen LogP contribution is 2.29. The number of nitrogens with zero attached hydrogens (tertiary/aromatic N) is 3. The molecule has 163 valence electrons. The summed E-state index contributed by atoms with van der Waals surface area (Å²) in [5.74, 6) is 0.812. The van der Waals surface area contributed by atoms with Crippen LogP contribution in [0.1, 0.15) is 19.8 Å². The van der Waals surface area contributed by atoms with E-state index in [1.165, 1.54) is 4.31 Å². The fraction of sp³-hybridized carbons (Fsp3) is 0.381. The van der Waals surface area contributed by atoms with E-state index in [1.807, 2.05) is 13.0 Å². The molecule has 0 amide bonds. The van der Waals surface area contributed by atoms with Crippen LogP contribution in [0.15, 0.2) is 46.2 Å². The molecule has 2 aliphatic heterocycles. The number of H-pyrrole nitrogens is 1. The third kappa shape index (κ3) is 3.64. The van der Waals surface area contributed by atoms with Gasteiger partial charge >= 0.3 is 0 Å². The highest BCUT2D eigenvalue weighted by molar-refractivity contribution is 7.89. The quantitative estimate of drug-likeness (QED) is 0.628. The third-order valence-electron chi connectivity index (χ3n) is 5.71. The lowest BCUT2D eigenvalue weighted by molar-refractivity contribution is 0.103. The van der Waals surface area contributed by atoms with Crippen LogP contribution in [0.3, 0.4) is 0 Å². The third-order valence-corrected chi connectivity index (χ3v) is 7.56. The first-order valence-corrected chi connectivity index (χ1v) is 11.8. The van der Waals surface area contributed by atoms with Crippen molar-refractivity contribution in [2.24, 2.45) is 5.92 Å². The summed E-state index contributed by atoms with van der Waals surface area (Å²) in [6, 6.07) is 9.35. The molecule has 0 saturated carbocycles. The monoisotopic (exact) mass is 442 g/mol. The molecule has 9 nitrogen and oxygen atoms in total. The molecule has 1 aromatic carbocycles. The Labute approximate surface area is 180 Å². The summed E-state index contributed by atoms with van der Waals surface area (Å²) < 4.78 is 34.1. The van der Waals surface area contributed by atoms with Gasteiger partial charge < -0.3 is 15.0 Å². The first-order valence-electron chi connectivity index (χ1n) is 10.3. The van der Waals surface area contributed by atoms with E-state index < -0.39 is 10.0 Å². The predicted molar refractivity (Wildman–Crippen MR) is 117 cm³/mol. The summed E-state index contributed by atoms with van der Waals surface area (Å²) in [5, 5.41) is 8.27. The maximum atomic E-state index is 12.7.